The zero-order chi connectivity index (χ0) is 25.4. The van der Waals surface area contributed by atoms with Crippen LogP contribution in [0.3, 0.4) is 0 Å². The summed E-state index contributed by atoms with van der Waals surface area (Å²) in [6, 6.07) is 14.6. The van der Waals surface area contributed by atoms with E-state index in [1.54, 1.807) is 31.4 Å². The van der Waals surface area contributed by atoms with Gasteiger partial charge in [0.15, 0.2) is 0 Å². The molecule has 1 atom stereocenters. The molecular weight excluding hydrogens is 489 g/mol. The van der Waals surface area contributed by atoms with Crippen LogP contribution in [0.2, 0.25) is 10.0 Å². The summed E-state index contributed by atoms with van der Waals surface area (Å²) in [6.07, 6.45) is 0. The molecular formula is C27H23Cl2NO5. The smallest absolute Gasteiger partial charge is 0.300 e. The quantitative estimate of drug-likeness (QED) is 0.248. The Morgan fingerprint density at radius 2 is 1.63 bits per heavy atom. The lowest BCUT2D eigenvalue weighted by molar-refractivity contribution is -0.132. The van der Waals surface area contributed by atoms with Crippen molar-refractivity contribution in [3.63, 3.8) is 0 Å². The Bertz CT molecular complexity index is 1360. The van der Waals surface area contributed by atoms with Crippen LogP contribution >= 0.6 is 23.2 Å². The van der Waals surface area contributed by atoms with Crippen molar-refractivity contribution in [3.8, 4) is 11.5 Å². The van der Waals surface area contributed by atoms with Gasteiger partial charge in [-0.05, 0) is 60.9 Å². The molecule has 1 N–H and O–H groups in total. The Labute approximate surface area is 213 Å². The first-order valence-corrected chi connectivity index (χ1v) is 11.5. The molecule has 0 aliphatic carbocycles. The number of carbonyl (C=O) groups is 2. The van der Waals surface area contributed by atoms with Gasteiger partial charge in [-0.15, -0.1) is 0 Å². The molecule has 0 bridgehead atoms. The maximum Gasteiger partial charge on any atom is 0.300 e. The lowest BCUT2D eigenvalue weighted by Crippen LogP contribution is -2.30. The van der Waals surface area contributed by atoms with Gasteiger partial charge in [0.05, 0.1) is 36.4 Å². The fourth-order valence-electron chi connectivity index (χ4n) is 4.25. The number of halogens is 2. The van der Waals surface area contributed by atoms with E-state index < -0.39 is 23.5 Å². The molecule has 3 aromatic carbocycles. The van der Waals surface area contributed by atoms with E-state index in [9.17, 15) is 14.7 Å². The van der Waals surface area contributed by atoms with E-state index in [2.05, 4.69) is 0 Å². The average Bonchev–Trinajstić information content (AvgIpc) is 3.10. The second-order valence-electron chi connectivity index (χ2n) is 8.20. The van der Waals surface area contributed by atoms with Gasteiger partial charge in [-0.2, -0.15) is 0 Å². The highest BCUT2D eigenvalue weighted by Gasteiger charge is 2.47. The lowest BCUT2D eigenvalue weighted by Gasteiger charge is -2.27. The molecule has 1 aliphatic rings. The van der Waals surface area contributed by atoms with Crippen molar-refractivity contribution in [2.45, 2.75) is 19.9 Å². The number of amides is 1. The van der Waals surface area contributed by atoms with Crippen molar-refractivity contribution in [2.75, 3.05) is 19.1 Å². The Kier molecular flexibility index (Phi) is 6.79. The molecule has 1 saturated heterocycles. The minimum absolute atomic E-state index is 0.0993. The summed E-state index contributed by atoms with van der Waals surface area (Å²) < 4.78 is 10.6. The summed E-state index contributed by atoms with van der Waals surface area (Å²) in [5, 5.41) is 11.8. The summed E-state index contributed by atoms with van der Waals surface area (Å²) in [4.78, 5) is 28.3. The molecule has 4 rings (SSSR count). The number of nitrogens with zero attached hydrogens (tertiary/aromatic N) is 1. The van der Waals surface area contributed by atoms with Gasteiger partial charge >= 0.3 is 0 Å². The molecule has 1 aliphatic heterocycles. The number of anilines is 1. The first-order chi connectivity index (χ1) is 16.7. The van der Waals surface area contributed by atoms with Crippen LogP contribution in [0.25, 0.3) is 5.76 Å². The second kappa shape index (κ2) is 9.64. The molecule has 1 unspecified atom stereocenters. The standard InChI is InChI=1S/C27H23Cl2NO5/c1-14-5-6-15(2)21(11-14)30-23(16-7-9-18(34-3)10-8-16)22(25(32)27(30)33)24(31)19-12-17(28)13-20(29)26(19)35-4/h5-13,23,31H,1-4H3/b24-22+. The summed E-state index contributed by atoms with van der Waals surface area (Å²) in [7, 11) is 2.94. The molecule has 0 aromatic heterocycles. The number of ether oxygens (including phenoxy) is 2. The van der Waals surface area contributed by atoms with Gasteiger partial charge in [0.1, 0.15) is 17.3 Å². The third-order valence-corrected chi connectivity index (χ3v) is 6.47. The van der Waals surface area contributed by atoms with E-state index in [-0.39, 0.29) is 26.9 Å². The Hall–Kier alpha value is -3.48. The average molecular weight is 512 g/mol. The summed E-state index contributed by atoms with van der Waals surface area (Å²) in [5.41, 5.74) is 2.92. The van der Waals surface area contributed by atoms with Crippen LogP contribution in [-0.4, -0.2) is 31.0 Å². The zero-order valence-corrected chi connectivity index (χ0v) is 21.1. The minimum atomic E-state index is -0.913. The molecule has 1 heterocycles. The molecule has 180 valence electrons. The zero-order valence-electron chi connectivity index (χ0n) is 19.6. The number of hydrogen-bond donors (Lipinski definition) is 1. The first kappa shape index (κ1) is 24.6. The van der Waals surface area contributed by atoms with Crippen molar-refractivity contribution in [1.82, 2.24) is 0 Å². The van der Waals surface area contributed by atoms with Gasteiger partial charge in [-0.3, -0.25) is 14.5 Å². The van der Waals surface area contributed by atoms with E-state index in [1.807, 2.05) is 32.0 Å². The van der Waals surface area contributed by atoms with E-state index in [4.69, 9.17) is 32.7 Å². The predicted octanol–water partition coefficient (Wildman–Crippen LogP) is 6.25. The normalized spacial score (nSPS) is 17.1. The number of carbonyl (C=O) groups excluding carboxylic acids is 2. The highest BCUT2D eigenvalue weighted by Crippen LogP contribution is 2.45. The van der Waals surface area contributed by atoms with E-state index >= 15 is 0 Å². The number of Topliss-reactive ketones (excluding diaryl/α,β-unsaturated/α-hetero) is 1. The fourth-order valence-corrected chi connectivity index (χ4v) is 4.82. The van der Waals surface area contributed by atoms with Crippen LogP contribution in [0.15, 0.2) is 60.2 Å². The van der Waals surface area contributed by atoms with Crippen LogP contribution in [-0.2, 0) is 9.59 Å². The third-order valence-electron chi connectivity index (χ3n) is 5.97. The number of aryl methyl sites for hydroxylation is 2. The molecule has 6 nitrogen and oxygen atoms in total. The summed E-state index contributed by atoms with van der Waals surface area (Å²) in [6.45, 7) is 3.76. The number of benzene rings is 3. The number of rotatable bonds is 5. The molecule has 1 amide bonds. The van der Waals surface area contributed by atoms with Crippen molar-refractivity contribution in [1.29, 1.82) is 0 Å². The van der Waals surface area contributed by atoms with Crippen molar-refractivity contribution in [2.24, 2.45) is 0 Å². The second-order valence-corrected chi connectivity index (χ2v) is 9.04. The molecule has 0 radical (unpaired) electrons. The van der Waals surface area contributed by atoms with Gasteiger partial charge in [0, 0.05) is 10.7 Å². The van der Waals surface area contributed by atoms with Gasteiger partial charge in [-0.1, -0.05) is 47.5 Å². The first-order valence-electron chi connectivity index (χ1n) is 10.7. The van der Waals surface area contributed by atoms with Crippen molar-refractivity contribution >= 4 is 46.3 Å². The maximum atomic E-state index is 13.4. The fraction of sp³-hybridized carbons (Fsp3) is 0.185. The lowest BCUT2D eigenvalue weighted by atomic mass is 9.94. The minimum Gasteiger partial charge on any atom is -0.507 e. The largest absolute Gasteiger partial charge is 0.507 e. The molecule has 35 heavy (non-hydrogen) atoms. The van der Waals surface area contributed by atoms with E-state index in [0.717, 1.165) is 11.1 Å². The van der Waals surface area contributed by atoms with Crippen molar-refractivity contribution in [3.05, 3.63) is 92.5 Å². The Balaban J connectivity index is 2.03. The molecule has 0 spiro atoms. The van der Waals surface area contributed by atoms with Crippen LogP contribution in [0.5, 0.6) is 11.5 Å². The van der Waals surface area contributed by atoms with Gasteiger partial charge in [0.2, 0.25) is 0 Å². The maximum absolute atomic E-state index is 13.4. The van der Waals surface area contributed by atoms with Crippen molar-refractivity contribution < 1.29 is 24.2 Å². The summed E-state index contributed by atoms with van der Waals surface area (Å²) >= 11 is 12.5. The van der Waals surface area contributed by atoms with Crippen LogP contribution in [0.1, 0.15) is 28.3 Å². The van der Waals surface area contributed by atoms with Crippen LogP contribution < -0.4 is 14.4 Å². The molecule has 0 saturated carbocycles. The number of aliphatic hydroxyl groups is 1. The number of ketones is 1. The Morgan fingerprint density at radius 1 is 0.943 bits per heavy atom. The topological polar surface area (TPSA) is 76.1 Å². The number of hydrogen-bond acceptors (Lipinski definition) is 5. The van der Waals surface area contributed by atoms with Crippen LogP contribution in [0.4, 0.5) is 5.69 Å². The third kappa shape index (κ3) is 4.35. The molecule has 1 fully saturated rings. The SMILES string of the molecule is COc1ccc(C2/C(=C(\O)c3cc(Cl)cc(Cl)c3OC)C(=O)C(=O)N2c2cc(C)ccc2C)cc1. The number of methoxy groups -OCH3 is 2. The summed E-state index contributed by atoms with van der Waals surface area (Å²) in [5.74, 6) is -1.27. The van der Waals surface area contributed by atoms with Gasteiger partial charge < -0.3 is 14.6 Å². The van der Waals surface area contributed by atoms with Crippen LogP contribution in [0, 0.1) is 13.8 Å². The van der Waals surface area contributed by atoms with Gasteiger partial charge in [-0.25, -0.2) is 0 Å². The predicted molar refractivity (Wildman–Crippen MR) is 137 cm³/mol. The van der Waals surface area contributed by atoms with Gasteiger partial charge in [0.25, 0.3) is 11.7 Å². The van der Waals surface area contributed by atoms with E-state index in [1.165, 1.54) is 24.1 Å². The molecule has 8 heteroatoms. The highest BCUT2D eigenvalue weighted by atomic mass is 35.5. The monoisotopic (exact) mass is 511 g/mol. The Morgan fingerprint density at radius 3 is 2.26 bits per heavy atom. The molecule has 3 aromatic rings. The highest BCUT2D eigenvalue weighted by molar-refractivity contribution is 6.52. The van der Waals surface area contributed by atoms with E-state index in [0.29, 0.717) is 17.0 Å². The number of aliphatic hydroxyl groups excluding tert-OH is 1.